The molecule has 0 unspecified atom stereocenters. The van der Waals surface area contributed by atoms with Crippen LogP contribution >= 0.6 is 0 Å². The lowest BCUT2D eigenvalue weighted by Crippen LogP contribution is -2.19. The predicted octanol–water partition coefficient (Wildman–Crippen LogP) is 4.26. The van der Waals surface area contributed by atoms with Crippen LogP contribution in [-0.2, 0) is 20.7 Å². The number of nitrogens with one attached hydrogen (secondary N) is 2. The summed E-state index contributed by atoms with van der Waals surface area (Å²) in [6.07, 6.45) is 0.516. The third-order valence-electron chi connectivity index (χ3n) is 4.77. The topological polar surface area (TPSA) is 102 Å². The molecule has 0 atom stereocenters. The van der Waals surface area contributed by atoms with Crippen molar-refractivity contribution in [1.82, 2.24) is 0 Å². The van der Waals surface area contributed by atoms with Crippen molar-refractivity contribution in [3.05, 3.63) is 95.6 Å². The van der Waals surface area contributed by atoms with Crippen LogP contribution in [0.4, 0.5) is 11.4 Å². The minimum atomic E-state index is -0.717. The molecule has 3 aromatic carbocycles. The second-order valence-electron chi connectivity index (χ2n) is 7.23. The zero-order chi connectivity index (χ0) is 23.6. The smallest absolute Gasteiger partial charge is 0.340 e. The molecule has 33 heavy (non-hydrogen) atoms. The van der Waals surface area contributed by atoms with Gasteiger partial charge in [0.25, 0.3) is 0 Å². The molecule has 0 aromatic heterocycles. The van der Waals surface area contributed by atoms with Crippen LogP contribution in [0.2, 0.25) is 0 Å². The number of rotatable bonds is 9. The molecule has 0 aliphatic carbocycles. The first kappa shape index (κ1) is 23.4. The summed E-state index contributed by atoms with van der Waals surface area (Å²) in [4.78, 5) is 48.8. The van der Waals surface area contributed by atoms with Gasteiger partial charge in [-0.25, -0.2) is 4.79 Å². The molecular formula is C26H24N2O5. The van der Waals surface area contributed by atoms with Crippen molar-refractivity contribution >= 4 is 34.9 Å². The molecule has 168 valence electrons. The van der Waals surface area contributed by atoms with Gasteiger partial charge in [0.2, 0.25) is 11.8 Å². The van der Waals surface area contributed by atoms with Gasteiger partial charge in [-0.05, 0) is 42.0 Å². The molecular weight excluding hydrogens is 420 g/mol. The van der Waals surface area contributed by atoms with Crippen molar-refractivity contribution in [2.45, 2.75) is 19.8 Å². The number of ketones is 1. The zero-order valence-corrected chi connectivity index (χ0v) is 18.2. The number of carbonyl (C=O) groups is 4. The van der Waals surface area contributed by atoms with Gasteiger partial charge >= 0.3 is 5.97 Å². The quantitative estimate of drug-likeness (QED) is 0.379. The number of ether oxygens (including phenoxy) is 1. The Balaban J connectivity index is 1.58. The van der Waals surface area contributed by atoms with Crippen LogP contribution in [0.1, 0.15) is 39.6 Å². The van der Waals surface area contributed by atoms with Crippen LogP contribution in [0.25, 0.3) is 0 Å². The molecule has 7 heteroatoms. The maximum absolute atomic E-state index is 12.6. The summed E-state index contributed by atoms with van der Waals surface area (Å²) >= 11 is 0. The Morgan fingerprint density at radius 3 is 2.12 bits per heavy atom. The lowest BCUT2D eigenvalue weighted by atomic mass is 10.1. The minimum absolute atomic E-state index is 0.127. The Hall–Kier alpha value is -4.26. The van der Waals surface area contributed by atoms with Gasteiger partial charge in [0.05, 0.1) is 17.7 Å². The Morgan fingerprint density at radius 1 is 0.758 bits per heavy atom. The molecule has 2 amide bonds. The highest BCUT2D eigenvalue weighted by atomic mass is 16.5. The first-order chi connectivity index (χ1) is 16.0. The van der Waals surface area contributed by atoms with E-state index in [0.29, 0.717) is 23.4 Å². The lowest BCUT2D eigenvalue weighted by Gasteiger charge is -2.11. The van der Waals surface area contributed by atoms with Gasteiger partial charge in [-0.2, -0.15) is 0 Å². The molecule has 0 fully saturated rings. The molecule has 3 aromatic rings. The Labute approximate surface area is 191 Å². The number of anilines is 2. The molecule has 2 N–H and O–H groups in total. The maximum atomic E-state index is 12.6. The molecule has 7 nitrogen and oxygen atoms in total. The van der Waals surface area contributed by atoms with Gasteiger partial charge in [0.1, 0.15) is 0 Å². The zero-order valence-electron chi connectivity index (χ0n) is 18.2. The number of benzene rings is 3. The van der Waals surface area contributed by atoms with E-state index in [2.05, 4.69) is 10.6 Å². The minimum Gasteiger partial charge on any atom is -0.454 e. The summed E-state index contributed by atoms with van der Waals surface area (Å²) in [6, 6.07) is 22.0. The number of para-hydroxylation sites is 1. The van der Waals surface area contributed by atoms with Crippen molar-refractivity contribution in [2.24, 2.45) is 0 Å². The van der Waals surface area contributed by atoms with E-state index in [4.69, 9.17) is 4.74 Å². The summed E-state index contributed by atoms with van der Waals surface area (Å²) in [7, 11) is 0. The van der Waals surface area contributed by atoms with Gasteiger partial charge in [-0.15, -0.1) is 0 Å². The second kappa shape index (κ2) is 11.4. The number of carbonyl (C=O) groups excluding carboxylic acids is 4. The van der Waals surface area contributed by atoms with Crippen molar-refractivity contribution in [3.8, 4) is 0 Å². The number of esters is 1. The number of hydrogen-bond donors (Lipinski definition) is 2. The van der Waals surface area contributed by atoms with E-state index in [1.54, 1.807) is 49.4 Å². The Morgan fingerprint density at radius 2 is 1.42 bits per heavy atom. The fourth-order valence-corrected chi connectivity index (χ4v) is 3.03. The third kappa shape index (κ3) is 6.87. The molecule has 0 saturated heterocycles. The van der Waals surface area contributed by atoms with Crippen LogP contribution in [0, 0.1) is 0 Å². The third-order valence-corrected chi connectivity index (χ3v) is 4.77. The fourth-order valence-electron chi connectivity index (χ4n) is 3.03. The van der Waals surface area contributed by atoms with Crippen LogP contribution in [-0.4, -0.2) is 30.2 Å². The fraction of sp³-hybridized carbons (Fsp3) is 0.154. The van der Waals surface area contributed by atoms with E-state index in [-0.39, 0.29) is 29.6 Å². The summed E-state index contributed by atoms with van der Waals surface area (Å²) in [5.41, 5.74) is 2.24. The largest absolute Gasteiger partial charge is 0.454 e. The van der Waals surface area contributed by atoms with Crippen LogP contribution in [0.3, 0.4) is 0 Å². The first-order valence-corrected chi connectivity index (χ1v) is 10.5. The van der Waals surface area contributed by atoms with Crippen LogP contribution in [0.5, 0.6) is 0 Å². The summed E-state index contributed by atoms with van der Waals surface area (Å²) < 4.78 is 5.19. The van der Waals surface area contributed by atoms with Crippen LogP contribution in [0.15, 0.2) is 78.9 Å². The second-order valence-corrected chi connectivity index (χ2v) is 7.23. The highest BCUT2D eigenvalue weighted by Gasteiger charge is 2.17. The molecule has 0 aliphatic rings. The van der Waals surface area contributed by atoms with Gasteiger partial charge in [-0.1, -0.05) is 49.4 Å². The molecule has 0 bridgehead atoms. The standard InChI is InChI=1S/C26H24N2O5/c1-2-24(30)27-20-14-12-19(13-15-20)23(29)17-33-26(32)21-10-6-7-11-22(21)28-25(31)16-18-8-4-3-5-9-18/h3-15H,2,16-17H2,1H3,(H,27,30)(H,28,31). The maximum Gasteiger partial charge on any atom is 0.340 e. The van der Waals surface area contributed by atoms with E-state index >= 15 is 0 Å². The summed E-state index contributed by atoms with van der Waals surface area (Å²) in [5.74, 6) is -1.50. The highest BCUT2D eigenvalue weighted by Crippen LogP contribution is 2.17. The van der Waals surface area contributed by atoms with Gasteiger partial charge in [0.15, 0.2) is 12.4 Å². The van der Waals surface area contributed by atoms with Gasteiger partial charge < -0.3 is 15.4 Å². The lowest BCUT2D eigenvalue weighted by molar-refractivity contribution is -0.116. The van der Waals surface area contributed by atoms with Crippen LogP contribution < -0.4 is 10.6 Å². The Bertz CT molecular complexity index is 1140. The SMILES string of the molecule is CCC(=O)Nc1ccc(C(=O)COC(=O)c2ccccc2NC(=O)Cc2ccccc2)cc1. The van der Waals surface area contributed by atoms with Crippen molar-refractivity contribution in [1.29, 1.82) is 0 Å². The average molecular weight is 444 g/mol. The van der Waals surface area contributed by atoms with Gasteiger partial charge in [0, 0.05) is 17.7 Å². The predicted molar refractivity (Wildman–Crippen MR) is 125 cm³/mol. The van der Waals surface area contributed by atoms with Crippen molar-refractivity contribution in [3.63, 3.8) is 0 Å². The van der Waals surface area contributed by atoms with E-state index in [0.717, 1.165) is 5.56 Å². The molecule has 0 heterocycles. The monoisotopic (exact) mass is 444 g/mol. The van der Waals surface area contributed by atoms with E-state index < -0.39 is 12.6 Å². The molecule has 0 aliphatic heterocycles. The normalized spacial score (nSPS) is 10.2. The number of amides is 2. The van der Waals surface area contributed by atoms with Gasteiger partial charge in [-0.3, -0.25) is 14.4 Å². The average Bonchev–Trinajstić information content (AvgIpc) is 2.83. The van der Waals surface area contributed by atoms with E-state index in [1.165, 1.54) is 6.07 Å². The van der Waals surface area contributed by atoms with Crippen molar-refractivity contribution in [2.75, 3.05) is 17.2 Å². The van der Waals surface area contributed by atoms with E-state index in [9.17, 15) is 19.2 Å². The Kier molecular flexibility index (Phi) is 8.07. The number of Topliss-reactive ketones (excluding diaryl/α,β-unsaturated/α-hetero) is 1. The molecule has 0 radical (unpaired) electrons. The first-order valence-electron chi connectivity index (χ1n) is 10.5. The summed E-state index contributed by atoms with van der Waals surface area (Å²) in [6.45, 7) is 1.29. The molecule has 0 saturated carbocycles. The molecule has 3 rings (SSSR count). The number of hydrogen-bond acceptors (Lipinski definition) is 5. The van der Waals surface area contributed by atoms with E-state index in [1.807, 2.05) is 30.3 Å². The highest BCUT2D eigenvalue weighted by molar-refractivity contribution is 6.04. The molecule has 0 spiro atoms. The summed E-state index contributed by atoms with van der Waals surface area (Å²) in [5, 5.41) is 5.42. The van der Waals surface area contributed by atoms with Crippen molar-refractivity contribution < 1.29 is 23.9 Å².